The van der Waals surface area contributed by atoms with E-state index >= 15 is 0 Å². The van der Waals surface area contributed by atoms with Crippen molar-refractivity contribution in [3.63, 3.8) is 0 Å². The van der Waals surface area contributed by atoms with E-state index in [4.69, 9.17) is 10.00 Å². The smallest absolute Gasteiger partial charge is 0.305 e. The third-order valence-corrected chi connectivity index (χ3v) is 3.13. The molecule has 0 radical (unpaired) electrons. The van der Waals surface area contributed by atoms with Crippen LogP contribution in [0.15, 0.2) is 24.3 Å². The molecule has 6 nitrogen and oxygen atoms in total. The van der Waals surface area contributed by atoms with Crippen LogP contribution in [0.5, 0.6) is 11.6 Å². The molecule has 0 aliphatic carbocycles. The van der Waals surface area contributed by atoms with Gasteiger partial charge in [-0.1, -0.05) is 6.07 Å². The summed E-state index contributed by atoms with van der Waals surface area (Å²) >= 11 is 0. The minimum atomic E-state index is -0.641. The van der Waals surface area contributed by atoms with Crippen molar-refractivity contribution in [3.8, 4) is 17.7 Å². The van der Waals surface area contributed by atoms with Crippen molar-refractivity contribution in [2.24, 2.45) is 0 Å². The molecule has 0 bridgehead atoms. The first-order valence-corrected chi connectivity index (χ1v) is 6.23. The minimum absolute atomic E-state index is 0.158. The fraction of sp³-hybridized carbons (Fsp3) is 0.200. The lowest BCUT2D eigenvalue weighted by molar-refractivity contribution is -0.385. The van der Waals surface area contributed by atoms with Gasteiger partial charge in [-0.05, 0) is 43.5 Å². The maximum Gasteiger partial charge on any atom is 0.305 e. The number of aryl methyl sites for hydroxylation is 2. The molecule has 0 fully saturated rings. The standard InChI is InChI=1S/C15H13N3O3/c1-9-6-10(2)11(3)14(7-9)21-15-5-4-13(18(19)20)12(8-16)17-15/h4-7H,1-3H3. The van der Waals surface area contributed by atoms with Gasteiger partial charge in [-0.15, -0.1) is 0 Å². The van der Waals surface area contributed by atoms with Crippen LogP contribution in [0.2, 0.25) is 0 Å². The Morgan fingerprint density at radius 1 is 1.29 bits per heavy atom. The molecule has 0 saturated carbocycles. The molecule has 0 spiro atoms. The molecule has 1 heterocycles. The fourth-order valence-electron chi connectivity index (χ4n) is 1.94. The summed E-state index contributed by atoms with van der Waals surface area (Å²) in [5, 5.41) is 19.7. The first kappa shape index (κ1) is 14.5. The molecule has 21 heavy (non-hydrogen) atoms. The summed E-state index contributed by atoms with van der Waals surface area (Å²) in [4.78, 5) is 14.0. The van der Waals surface area contributed by atoms with Gasteiger partial charge in [0.15, 0.2) is 0 Å². The number of hydrogen-bond donors (Lipinski definition) is 0. The molecule has 0 atom stereocenters. The predicted molar refractivity (Wildman–Crippen MR) is 76.3 cm³/mol. The van der Waals surface area contributed by atoms with E-state index in [1.54, 1.807) is 6.07 Å². The van der Waals surface area contributed by atoms with Gasteiger partial charge in [0, 0.05) is 12.1 Å². The van der Waals surface area contributed by atoms with Crippen molar-refractivity contribution >= 4 is 5.69 Å². The maximum absolute atomic E-state index is 10.8. The Morgan fingerprint density at radius 3 is 2.62 bits per heavy atom. The van der Waals surface area contributed by atoms with E-state index in [1.165, 1.54) is 12.1 Å². The molecule has 2 rings (SSSR count). The molecule has 0 N–H and O–H groups in total. The monoisotopic (exact) mass is 283 g/mol. The third kappa shape index (κ3) is 2.98. The SMILES string of the molecule is Cc1cc(C)c(C)c(Oc2ccc([N+](=O)[O-])c(C#N)n2)c1. The normalized spacial score (nSPS) is 10.0. The molecule has 0 amide bonds. The number of rotatable bonds is 3. The molecule has 0 aliphatic rings. The van der Waals surface area contributed by atoms with Gasteiger partial charge in [0.2, 0.25) is 11.6 Å². The summed E-state index contributed by atoms with van der Waals surface area (Å²) in [6.45, 7) is 5.84. The number of aromatic nitrogens is 1. The summed E-state index contributed by atoms with van der Waals surface area (Å²) in [6, 6.07) is 8.21. The van der Waals surface area contributed by atoms with E-state index in [0.717, 1.165) is 16.7 Å². The van der Waals surface area contributed by atoms with Gasteiger partial charge in [-0.25, -0.2) is 0 Å². The van der Waals surface area contributed by atoms with Crippen molar-refractivity contribution in [3.05, 3.63) is 56.8 Å². The Hall–Kier alpha value is -2.94. The zero-order valence-electron chi connectivity index (χ0n) is 11.9. The molecule has 6 heteroatoms. The van der Waals surface area contributed by atoms with Gasteiger partial charge >= 0.3 is 5.69 Å². The number of nitro groups is 1. The molecule has 0 aliphatic heterocycles. The highest BCUT2D eigenvalue weighted by atomic mass is 16.6. The second-order valence-corrected chi connectivity index (χ2v) is 4.69. The van der Waals surface area contributed by atoms with Crippen LogP contribution in [0, 0.1) is 42.2 Å². The average molecular weight is 283 g/mol. The third-order valence-electron chi connectivity index (χ3n) is 3.13. The molecule has 0 unspecified atom stereocenters. The zero-order chi connectivity index (χ0) is 15.6. The van der Waals surface area contributed by atoms with Crippen molar-refractivity contribution in [1.82, 2.24) is 4.98 Å². The lowest BCUT2D eigenvalue weighted by Gasteiger charge is -2.11. The Bertz CT molecular complexity index is 763. The van der Waals surface area contributed by atoms with Crippen molar-refractivity contribution in [1.29, 1.82) is 5.26 Å². The summed E-state index contributed by atoms with van der Waals surface area (Å²) in [5.41, 5.74) is 2.48. The Morgan fingerprint density at radius 2 is 2.00 bits per heavy atom. The number of nitrogens with zero attached hydrogens (tertiary/aromatic N) is 3. The van der Waals surface area contributed by atoms with Crippen LogP contribution in [-0.2, 0) is 0 Å². The molecule has 1 aromatic heterocycles. The number of nitriles is 1. The molecule has 106 valence electrons. The fourth-order valence-corrected chi connectivity index (χ4v) is 1.94. The first-order chi connectivity index (χ1) is 9.92. The van der Waals surface area contributed by atoms with Gasteiger partial charge in [-0.2, -0.15) is 10.2 Å². The Balaban J connectivity index is 2.42. The van der Waals surface area contributed by atoms with Crippen LogP contribution < -0.4 is 4.74 Å². The number of pyridine rings is 1. The summed E-state index contributed by atoms with van der Waals surface area (Å²) < 4.78 is 5.66. The Kier molecular flexibility index (Phi) is 3.85. The first-order valence-electron chi connectivity index (χ1n) is 6.23. The van der Waals surface area contributed by atoms with Crippen molar-refractivity contribution in [2.45, 2.75) is 20.8 Å². The van der Waals surface area contributed by atoms with Crippen LogP contribution in [0.4, 0.5) is 5.69 Å². The molecule has 2 aromatic rings. The van der Waals surface area contributed by atoms with E-state index in [0.29, 0.717) is 5.75 Å². The maximum atomic E-state index is 10.8. The summed E-state index contributed by atoms with van der Waals surface area (Å²) in [6.07, 6.45) is 0. The highest BCUT2D eigenvalue weighted by Gasteiger charge is 2.16. The van der Waals surface area contributed by atoms with Gasteiger partial charge in [0.05, 0.1) is 4.92 Å². The average Bonchev–Trinajstić information content (AvgIpc) is 2.43. The zero-order valence-corrected chi connectivity index (χ0v) is 11.9. The van der Waals surface area contributed by atoms with Crippen LogP contribution >= 0.6 is 0 Å². The lowest BCUT2D eigenvalue weighted by atomic mass is 10.1. The van der Waals surface area contributed by atoms with Crippen molar-refractivity contribution in [2.75, 3.05) is 0 Å². The van der Waals surface area contributed by atoms with Gasteiger partial charge in [0.25, 0.3) is 0 Å². The van der Waals surface area contributed by atoms with Crippen molar-refractivity contribution < 1.29 is 9.66 Å². The molecule has 0 saturated heterocycles. The molecular formula is C15H13N3O3. The van der Waals surface area contributed by atoms with Crippen LogP contribution in [0.3, 0.4) is 0 Å². The van der Waals surface area contributed by atoms with Gasteiger partial charge < -0.3 is 4.74 Å². The number of hydrogen-bond acceptors (Lipinski definition) is 5. The predicted octanol–water partition coefficient (Wildman–Crippen LogP) is 3.58. The quantitative estimate of drug-likeness (QED) is 0.634. The largest absolute Gasteiger partial charge is 0.439 e. The van der Waals surface area contributed by atoms with E-state index in [-0.39, 0.29) is 17.3 Å². The van der Waals surface area contributed by atoms with E-state index in [9.17, 15) is 10.1 Å². The second kappa shape index (κ2) is 5.59. The summed E-state index contributed by atoms with van der Waals surface area (Å²) in [5.74, 6) is 0.781. The van der Waals surface area contributed by atoms with E-state index in [1.807, 2.05) is 32.9 Å². The minimum Gasteiger partial charge on any atom is -0.439 e. The van der Waals surface area contributed by atoms with Gasteiger partial charge in [0.1, 0.15) is 11.8 Å². The lowest BCUT2D eigenvalue weighted by Crippen LogP contribution is -1.98. The number of ether oxygens (including phenoxy) is 1. The highest BCUT2D eigenvalue weighted by molar-refractivity contribution is 5.47. The topological polar surface area (TPSA) is 89.0 Å². The molecule has 1 aromatic carbocycles. The summed E-state index contributed by atoms with van der Waals surface area (Å²) in [7, 11) is 0. The van der Waals surface area contributed by atoms with Crippen LogP contribution in [-0.4, -0.2) is 9.91 Å². The van der Waals surface area contributed by atoms with Crippen LogP contribution in [0.25, 0.3) is 0 Å². The van der Waals surface area contributed by atoms with E-state index < -0.39 is 4.92 Å². The van der Waals surface area contributed by atoms with Gasteiger partial charge in [-0.3, -0.25) is 10.1 Å². The molecular weight excluding hydrogens is 270 g/mol. The second-order valence-electron chi connectivity index (χ2n) is 4.69. The van der Waals surface area contributed by atoms with E-state index in [2.05, 4.69) is 4.98 Å². The highest BCUT2D eigenvalue weighted by Crippen LogP contribution is 2.29. The number of benzene rings is 1. The Labute approximate surface area is 121 Å². The van der Waals surface area contributed by atoms with Crippen LogP contribution in [0.1, 0.15) is 22.4 Å².